The number of nitrogens with zero attached hydrogens (tertiary/aromatic N) is 3. The van der Waals surface area contributed by atoms with Crippen LogP contribution in [0.1, 0.15) is 69.1 Å². The van der Waals surface area contributed by atoms with Gasteiger partial charge in [-0.25, -0.2) is 4.79 Å². The van der Waals surface area contributed by atoms with E-state index in [9.17, 15) is 9.59 Å². The summed E-state index contributed by atoms with van der Waals surface area (Å²) in [6.45, 7) is 10.4. The van der Waals surface area contributed by atoms with E-state index in [1.165, 1.54) is 0 Å². The van der Waals surface area contributed by atoms with Crippen LogP contribution in [-0.4, -0.2) is 57.6 Å². The zero-order valence-corrected chi connectivity index (χ0v) is 20.3. The maximum Gasteiger partial charge on any atom is 0.410 e. The number of carbonyl (C=O) groups excluding carboxylic acids is 2. The highest BCUT2D eigenvalue weighted by Crippen LogP contribution is 2.33. The van der Waals surface area contributed by atoms with Crippen molar-refractivity contribution < 1.29 is 14.3 Å². The SMILES string of the molecule is CC1CN(C(=O)OC(C)(C)C)CC(C)N1C(=O)c1ccc2c(Cl)c3c(nc2c1)CCCC3. The number of halogens is 1. The number of hydrogen-bond donors (Lipinski definition) is 0. The third-order valence-corrected chi connectivity index (χ3v) is 6.68. The summed E-state index contributed by atoms with van der Waals surface area (Å²) in [6.07, 6.45) is 3.83. The van der Waals surface area contributed by atoms with Crippen LogP contribution in [0.2, 0.25) is 5.02 Å². The average molecular weight is 458 g/mol. The lowest BCUT2D eigenvalue weighted by Gasteiger charge is -2.44. The van der Waals surface area contributed by atoms with Crippen LogP contribution in [-0.2, 0) is 17.6 Å². The fourth-order valence-corrected chi connectivity index (χ4v) is 5.21. The lowest BCUT2D eigenvalue weighted by Crippen LogP contribution is -2.60. The molecule has 0 bridgehead atoms. The van der Waals surface area contributed by atoms with Crippen molar-refractivity contribution in [3.63, 3.8) is 0 Å². The first-order chi connectivity index (χ1) is 15.0. The second-order valence-corrected chi connectivity index (χ2v) is 10.5. The van der Waals surface area contributed by atoms with Gasteiger partial charge in [0.05, 0.1) is 10.5 Å². The van der Waals surface area contributed by atoms with E-state index in [4.69, 9.17) is 21.3 Å². The van der Waals surface area contributed by atoms with Gasteiger partial charge in [0.2, 0.25) is 0 Å². The largest absolute Gasteiger partial charge is 0.444 e. The highest BCUT2D eigenvalue weighted by atomic mass is 35.5. The number of aromatic nitrogens is 1. The summed E-state index contributed by atoms with van der Waals surface area (Å²) in [7, 11) is 0. The molecule has 0 N–H and O–H groups in total. The van der Waals surface area contributed by atoms with Crippen LogP contribution in [0, 0.1) is 0 Å². The van der Waals surface area contributed by atoms with E-state index >= 15 is 0 Å². The van der Waals surface area contributed by atoms with Gasteiger partial charge in [0, 0.05) is 41.8 Å². The quantitative estimate of drug-likeness (QED) is 0.587. The third kappa shape index (κ3) is 4.42. The molecule has 2 atom stereocenters. The molecule has 0 saturated carbocycles. The summed E-state index contributed by atoms with van der Waals surface area (Å²) < 4.78 is 5.52. The Morgan fingerprint density at radius 1 is 1.09 bits per heavy atom. The molecular formula is C25H32ClN3O3. The molecule has 2 aromatic rings. The van der Waals surface area contributed by atoms with Gasteiger partial charge in [-0.3, -0.25) is 9.78 Å². The topological polar surface area (TPSA) is 62.7 Å². The Kier molecular flexibility index (Phi) is 6.10. The number of fused-ring (bicyclic) bond motifs is 2. The highest BCUT2D eigenvalue weighted by molar-refractivity contribution is 6.36. The molecule has 1 aliphatic carbocycles. The van der Waals surface area contributed by atoms with E-state index in [0.29, 0.717) is 18.7 Å². The number of aryl methyl sites for hydroxylation is 1. The Labute approximate surface area is 194 Å². The summed E-state index contributed by atoms with van der Waals surface area (Å²) in [5, 5.41) is 1.68. The van der Waals surface area contributed by atoms with Crippen LogP contribution in [0.25, 0.3) is 10.9 Å². The Balaban J connectivity index is 1.57. The van der Waals surface area contributed by atoms with E-state index in [2.05, 4.69) is 0 Å². The first-order valence-corrected chi connectivity index (χ1v) is 11.8. The smallest absolute Gasteiger partial charge is 0.410 e. The third-order valence-electron chi connectivity index (χ3n) is 6.25. The van der Waals surface area contributed by atoms with E-state index < -0.39 is 5.60 Å². The summed E-state index contributed by atoms with van der Waals surface area (Å²) in [4.78, 5) is 34.4. The molecule has 2 heterocycles. The Morgan fingerprint density at radius 3 is 2.41 bits per heavy atom. The molecule has 1 aromatic heterocycles. The minimum Gasteiger partial charge on any atom is -0.444 e. The number of piperazine rings is 1. The molecule has 2 unspecified atom stereocenters. The first kappa shape index (κ1) is 22.8. The molecule has 32 heavy (non-hydrogen) atoms. The molecule has 6 nitrogen and oxygen atoms in total. The fraction of sp³-hybridized carbons (Fsp3) is 0.560. The van der Waals surface area contributed by atoms with Crippen molar-refractivity contribution in [2.75, 3.05) is 13.1 Å². The molecule has 1 fully saturated rings. The van der Waals surface area contributed by atoms with Gasteiger partial charge in [0.15, 0.2) is 0 Å². The summed E-state index contributed by atoms with van der Waals surface area (Å²) in [5.41, 5.74) is 3.04. The zero-order chi connectivity index (χ0) is 23.2. The van der Waals surface area contributed by atoms with Crippen molar-refractivity contribution in [3.8, 4) is 0 Å². The van der Waals surface area contributed by atoms with Gasteiger partial charge in [0.1, 0.15) is 5.60 Å². The maximum atomic E-state index is 13.5. The van der Waals surface area contributed by atoms with Crippen LogP contribution in [0.3, 0.4) is 0 Å². The molecule has 4 rings (SSSR count). The molecule has 1 aliphatic heterocycles. The van der Waals surface area contributed by atoms with Crippen molar-refractivity contribution in [2.24, 2.45) is 0 Å². The molecule has 2 aliphatic rings. The van der Waals surface area contributed by atoms with Gasteiger partial charge in [-0.2, -0.15) is 0 Å². The maximum absolute atomic E-state index is 13.5. The minimum absolute atomic E-state index is 0.0496. The van der Waals surface area contributed by atoms with E-state index in [-0.39, 0.29) is 24.1 Å². The summed E-state index contributed by atoms with van der Waals surface area (Å²) >= 11 is 6.69. The van der Waals surface area contributed by atoms with Gasteiger partial charge >= 0.3 is 6.09 Å². The molecule has 2 amide bonds. The molecular weight excluding hydrogens is 426 g/mol. The summed E-state index contributed by atoms with van der Waals surface area (Å²) in [5.74, 6) is -0.0496. The molecule has 0 spiro atoms. The lowest BCUT2D eigenvalue weighted by atomic mass is 9.94. The second kappa shape index (κ2) is 8.54. The normalized spacial score (nSPS) is 21.4. The number of pyridine rings is 1. The van der Waals surface area contributed by atoms with Crippen LogP contribution in [0.5, 0.6) is 0 Å². The van der Waals surface area contributed by atoms with Crippen molar-refractivity contribution in [2.45, 2.75) is 78.0 Å². The monoisotopic (exact) mass is 457 g/mol. The van der Waals surface area contributed by atoms with Gasteiger partial charge in [-0.15, -0.1) is 0 Å². The number of rotatable bonds is 1. The highest BCUT2D eigenvalue weighted by Gasteiger charge is 2.37. The molecule has 7 heteroatoms. The van der Waals surface area contributed by atoms with Crippen molar-refractivity contribution in [3.05, 3.63) is 40.0 Å². The fourth-order valence-electron chi connectivity index (χ4n) is 4.85. The second-order valence-electron chi connectivity index (χ2n) is 10.1. The summed E-state index contributed by atoms with van der Waals surface area (Å²) in [6, 6.07) is 5.36. The Hall–Kier alpha value is -2.34. The molecule has 172 valence electrons. The van der Waals surface area contributed by atoms with E-state index in [1.807, 2.05) is 57.7 Å². The van der Waals surface area contributed by atoms with Crippen LogP contribution >= 0.6 is 11.6 Å². The predicted molar refractivity (Wildman–Crippen MR) is 126 cm³/mol. The number of carbonyl (C=O) groups is 2. The van der Waals surface area contributed by atoms with Crippen molar-refractivity contribution in [1.82, 2.24) is 14.8 Å². The molecule has 1 aromatic carbocycles. The van der Waals surface area contributed by atoms with Crippen LogP contribution in [0.4, 0.5) is 4.79 Å². The van der Waals surface area contributed by atoms with Crippen molar-refractivity contribution >= 4 is 34.5 Å². The number of benzene rings is 1. The first-order valence-electron chi connectivity index (χ1n) is 11.5. The van der Waals surface area contributed by atoms with Gasteiger partial charge < -0.3 is 14.5 Å². The average Bonchev–Trinajstić information content (AvgIpc) is 2.71. The van der Waals surface area contributed by atoms with Crippen LogP contribution < -0.4 is 0 Å². The predicted octanol–water partition coefficient (Wildman–Crippen LogP) is 5.24. The van der Waals surface area contributed by atoms with Crippen LogP contribution in [0.15, 0.2) is 18.2 Å². The zero-order valence-electron chi connectivity index (χ0n) is 19.6. The van der Waals surface area contributed by atoms with E-state index in [1.54, 1.807) is 4.90 Å². The molecule has 0 radical (unpaired) electrons. The minimum atomic E-state index is -0.547. The van der Waals surface area contributed by atoms with Crippen molar-refractivity contribution in [1.29, 1.82) is 0 Å². The van der Waals surface area contributed by atoms with Gasteiger partial charge in [0.25, 0.3) is 5.91 Å². The number of amides is 2. The molecule has 1 saturated heterocycles. The Morgan fingerprint density at radius 2 is 1.75 bits per heavy atom. The van der Waals surface area contributed by atoms with Gasteiger partial charge in [-0.05, 0) is 78.0 Å². The number of ether oxygens (including phenoxy) is 1. The Bertz CT molecular complexity index is 1050. The standard InChI is InChI=1S/C25H32ClN3O3/c1-15-13-28(24(31)32-25(3,4)5)14-16(2)29(15)23(30)17-10-11-19-21(12-17)27-20-9-7-6-8-18(20)22(19)26/h10-12,15-16H,6-9,13-14H2,1-5H3. The van der Waals surface area contributed by atoms with Gasteiger partial charge in [-0.1, -0.05) is 17.7 Å². The lowest BCUT2D eigenvalue weighted by molar-refractivity contribution is -0.00487. The number of hydrogen-bond acceptors (Lipinski definition) is 4. The van der Waals surface area contributed by atoms with E-state index in [0.717, 1.165) is 52.9 Å².